The number of guanidine groups is 1. The van der Waals surface area contributed by atoms with Crippen molar-refractivity contribution in [2.24, 2.45) is 4.99 Å². The first-order chi connectivity index (χ1) is 15.0. The number of aromatic nitrogens is 2. The summed E-state index contributed by atoms with van der Waals surface area (Å²) < 4.78 is 11.2. The van der Waals surface area contributed by atoms with Gasteiger partial charge in [-0.15, -0.1) is 24.0 Å². The minimum atomic E-state index is 0. The number of aliphatic imine (C=N–C) groups is 1. The summed E-state index contributed by atoms with van der Waals surface area (Å²) in [4.78, 5) is 4.68. The van der Waals surface area contributed by atoms with Crippen molar-refractivity contribution in [3.8, 4) is 11.5 Å². The van der Waals surface area contributed by atoms with Crippen LogP contribution in [0.2, 0.25) is 0 Å². The number of hydrogen-bond donors (Lipinski definition) is 3. The van der Waals surface area contributed by atoms with Crippen molar-refractivity contribution in [3.63, 3.8) is 0 Å². The molecule has 0 aliphatic heterocycles. The van der Waals surface area contributed by atoms with Gasteiger partial charge in [-0.3, -0.25) is 5.10 Å². The molecule has 0 radical (unpaired) electrons. The van der Waals surface area contributed by atoms with Gasteiger partial charge in [-0.25, -0.2) is 4.99 Å². The number of halogens is 1. The van der Waals surface area contributed by atoms with Gasteiger partial charge >= 0.3 is 0 Å². The molecule has 172 valence electrons. The van der Waals surface area contributed by atoms with Gasteiger partial charge in [0.05, 0.1) is 25.5 Å². The van der Waals surface area contributed by atoms with Crippen molar-refractivity contribution >= 4 is 35.6 Å². The molecular weight excluding hydrogens is 517 g/mol. The van der Waals surface area contributed by atoms with Crippen LogP contribution in [0.3, 0.4) is 0 Å². The number of aryl methyl sites for hydroxylation is 1. The Balaban J connectivity index is 0.00000363. The van der Waals surface area contributed by atoms with Gasteiger partial charge in [0.2, 0.25) is 0 Å². The first kappa shape index (κ1) is 25.5. The zero-order valence-electron chi connectivity index (χ0n) is 19.0. The Morgan fingerprint density at radius 2 is 1.91 bits per heavy atom. The number of H-pyrrole nitrogens is 1. The summed E-state index contributed by atoms with van der Waals surface area (Å²) in [5.74, 6) is 2.44. The van der Waals surface area contributed by atoms with Crippen LogP contribution >= 0.6 is 24.0 Å². The third kappa shape index (κ3) is 8.07. The van der Waals surface area contributed by atoms with Crippen LogP contribution < -0.4 is 20.1 Å². The van der Waals surface area contributed by atoms with Crippen molar-refractivity contribution in [2.45, 2.75) is 39.8 Å². The van der Waals surface area contributed by atoms with Gasteiger partial charge in [0.1, 0.15) is 11.5 Å². The van der Waals surface area contributed by atoms with Gasteiger partial charge in [-0.2, -0.15) is 5.10 Å². The number of nitrogens with one attached hydrogen (secondary N) is 3. The minimum Gasteiger partial charge on any atom is -0.496 e. The number of benzene rings is 2. The highest BCUT2D eigenvalue weighted by Gasteiger charge is 2.06. The Labute approximate surface area is 207 Å². The van der Waals surface area contributed by atoms with E-state index in [1.54, 1.807) is 13.3 Å². The third-order valence-corrected chi connectivity index (χ3v) is 4.58. The van der Waals surface area contributed by atoms with E-state index in [4.69, 9.17) is 9.47 Å². The molecule has 3 aromatic rings. The molecule has 0 aliphatic rings. The molecule has 0 fully saturated rings. The molecule has 0 amide bonds. The molecule has 1 heterocycles. The zero-order valence-corrected chi connectivity index (χ0v) is 21.3. The molecule has 2 aromatic carbocycles. The van der Waals surface area contributed by atoms with E-state index in [2.05, 4.69) is 44.9 Å². The standard InChI is InChI=1S/C24H31N5O2.HI/c1-17(2)31-22-8-6-20(7-9-22)28-24(26-16-21-12-14-27-29-21)25-13-11-19-15-18(3)5-10-23(19)30-4;/h5-10,12,14-15,17H,11,13,16H2,1-4H3,(H,27,29)(H2,25,26,28);1H. The van der Waals surface area contributed by atoms with Crippen LogP contribution in [0.25, 0.3) is 0 Å². The minimum absolute atomic E-state index is 0. The summed E-state index contributed by atoms with van der Waals surface area (Å²) in [5, 5.41) is 13.7. The van der Waals surface area contributed by atoms with Crippen molar-refractivity contribution < 1.29 is 9.47 Å². The third-order valence-electron chi connectivity index (χ3n) is 4.58. The number of rotatable bonds is 9. The molecule has 3 rings (SSSR count). The summed E-state index contributed by atoms with van der Waals surface area (Å²) in [6.45, 7) is 7.32. The number of aromatic amines is 1. The predicted molar refractivity (Wildman–Crippen MR) is 140 cm³/mol. The van der Waals surface area contributed by atoms with Crippen molar-refractivity contribution in [1.82, 2.24) is 15.5 Å². The number of ether oxygens (including phenoxy) is 2. The SMILES string of the molecule is COc1ccc(C)cc1CCNC(=NCc1ccn[nH]1)Nc1ccc(OC(C)C)cc1.I. The average molecular weight is 549 g/mol. The molecule has 3 N–H and O–H groups in total. The molecule has 1 aromatic heterocycles. The highest BCUT2D eigenvalue weighted by Crippen LogP contribution is 2.20. The first-order valence-corrected chi connectivity index (χ1v) is 10.5. The van der Waals surface area contributed by atoms with Crippen LogP contribution in [0.4, 0.5) is 5.69 Å². The fraction of sp³-hybridized carbons (Fsp3) is 0.333. The van der Waals surface area contributed by atoms with E-state index in [0.717, 1.165) is 34.9 Å². The largest absolute Gasteiger partial charge is 0.496 e. The molecule has 0 atom stereocenters. The van der Waals surface area contributed by atoms with Gasteiger partial charge in [0.25, 0.3) is 0 Å². The van der Waals surface area contributed by atoms with Gasteiger partial charge in [-0.1, -0.05) is 17.7 Å². The van der Waals surface area contributed by atoms with Gasteiger partial charge in [0, 0.05) is 18.4 Å². The maximum atomic E-state index is 5.72. The number of hydrogen-bond acceptors (Lipinski definition) is 4. The van der Waals surface area contributed by atoms with Crippen LogP contribution in [-0.4, -0.2) is 35.9 Å². The van der Waals surface area contributed by atoms with E-state index in [0.29, 0.717) is 19.0 Å². The fourth-order valence-electron chi connectivity index (χ4n) is 3.12. The summed E-state index contributed by atoms with van der Waals surface area (Å²) >= 11 is 0. The molecule has 0 saturated heterocycles. The molecule has 32 heavy (non-hydrogen) atoms. The normalized spacial score (nSPS) is 11.1. The van der Waals surface area contributed by atoms with Gasteiger partial charge in [0.15, 0.2) is 5.96 Å². The van der Waals surface area contributed by atoms with Crippen molar-refractivity contribution in [1.29, 1.82) is 0 Å². The van der Waals surface area contributed by atoms with E-state index >= 15 is 0 Å². The lowest BCUT2D eigenvalue weighted by atomic mass is 10.1. The van der Waals surface area contributed by atoms with Gasteiger partial charge < -0.3 is 20.1 Å². The predicted octanol–water partition coefficient (Wildman–Crippen LogP) is 4.93. The smallest absolute Gasteiger partial charge is 0.196 e. The maximum absolute atomic E-state index is 5.72. The lowest BCUT2D eigenvalue weighted by Gasteiger charge is -2.15. The highest BCUT2D eigenvalue weighted by atomic mass is 127. The Bertz CT molecular complexity index is 973. The quantitative estimate of drug-likeness (QED) is 0.200. The summed E-state index contributed by atoms with van der Waals surface area (Å²) in [5.41, 5.74) is 4.26. The van der Waals surface area contributed by atoms with Crippen LogP contribution in [0.1, 0.15) is 30.7 Å². The second kappa shape index (κ2) is 12.9. The van der Waals surface area contributed by atoms with E-state index in [-0.39, 0.29) is 30.1 Å². The molecule has 0 bridgehead atoms. The Kier molecular flexibility index (Phi) is 10.3. The van der Waals surface area contributed by atoms with Crippen LogP contribution in [-0.2, 0) is 13.0 Å². The Morgan fingerprint density at radius 1 is 1.12 bits per heavy atom. The number of anilines is 1. The molecule has 8 heteroatoms. The summed E-state index contributed by atoms with van der Waals surface area (Å²) in [7, 11) is 1.70. The second-order valence-corrected chi connectivity index (χ2v) is 7.55. The molecule has 0 saturated carbocycles. The number of methoxy groups -OCH3 is 1. The lowest BCUT2D eigenvalue weighted by molar-refractivity contribution is 0.242. The second-order valence-electron chi connectivity index (χ2n) is 7.55. The van der Waals surface area contributed by atoms with Crippen LogP contribution in [0, 0.1) is 6.92 Å². The van der Waals surface area contributed by atoms with Crippen LogP contribution in [0.5, 0.6) is 11.5 Å². The topological polar surface area (TPSA) is 83.6 Å². The Hall–Kier alpha value is -2.75. The maximum Gasteiger partial charge on any atom is 0.196 e. The molecule has 0 aliphatic carbocycles. The molecule has 7 nitrogen and oxygen atoms in total. The summed E-state index contributed by atoms with van der Waals surface area (Å²) in [6.07, 6.45) is 2.69. The average Bonchev–Trinajstić information content (AvgIpc) is 3.27. The van der Waals surface area contributed by atoms with E-state index in [9.17, 15) is 0 Å². The van der Waals surface area contributed by atoms with Crippen LogP contribution in [0.15, 0.2) is 59.7 Å². The van der Waals surface area contributed by atoms with Crippen molar-refractivity contribution in [3.05, 3.63) is 71.5 Å². The lowest BCUT2D eigenvalue weighted by Crippen LogP contribution is -2.32. The summed E-state index contributed by atoms with van der Waals surface area (Å²) in [6, 6.07) is 16.0. The van der Waals surface area contributed by atoms with Gasteiger partial charge in [-0.05, 0) is 69.2 Å². The Morgan fingerprint density at radius 3 is 2.56 bits per heavy atom. The monoisotopic (exact) mass is 549 g/mol. The van der Waals surface area contributed by atoms with Crippen molar-refractivity contribution in [2.75, 3.05) is 19.0 Å². The zero-order chi connectivity index (χ0) is 22.1. The van der Waals surface area contributed by atoms with E-state index < -0.39 is 0 Å². The molecular formula is C24H32IN5O2. The number of nitrogens with zero attached hydrogens (tertiary/aromatic N) is 2. The molecule has 0 spiro atoms. The first-order valence-electron chi connectivity index (χ1n) is 10.5. The highest BCUT2D eigenvalue weighted by molar-refractivity contribution is 14.0. The molecule has 0 unspecified atom stereocenters. The van der Waals surface area contributed by atoms with E-state index in [1.807, 2.05) is 50.2 Å². The fourth-order valence-corrected chi connectivity index (χ4v) is 3.12. The van der Waals surface area contributed by atoms with E-state index in [1.165, 1.54) is 5.56 Å².